The molecule has 3 nitrogen and oxygen atoms in total. The molecular formula is C13H26N2O. The topological polar surface area (TPSA) is 49.5 Å². The van der Waals surface area contributed by atoms with Crippen LogP contribution >= 0.6 is 0 Å². The Hall–Kier alpha value is -0.120. The Morgan fingerprint density at radius 3 is 2.44 bits per heavy atom. The van der Waals surface area contributed by atoms with E-state index in [4.69, 9.17) is 5.73 Å². The maximum atomic E-state index is 9.56. The van der Waals surface area contributed by atoms with Crippen LogP contribution in [-0.2, 0) is 0 Å². The molecule has 0 radical (unpaired) electrons. The predicted octanol–water partition coefficient (Wildman–Crippen LogP) is 1.06. The maximum Gasteiger partial charge on any atom is 0.0602 e. The Morgan fingerprint density at radius 1 is 1.25 bits per heavy atom. The van der Waals surface area contributed by atoms with E-state index in [-0.39, 0.29) is 18.7 Å². The van der Waals surface area contributed by atoms with Crippen LogP contribution in [0, 0.1) is 17.8 Å². The van der Waals surface area contributed by atoms with E-state index in [0.29, 0.717) is 5.92 Å². The summed E-state index contributed by atoms with van der Waals surface area (Å²) in [5.74, 6) is 2.22. The summed E-state index contributed by atoms with van der Waals surface area (Å²) in [5, 5.41) is 9.56. The van der Waals surface area contributed by atoms with Gasteiger partial charge >= 0.3 is 0 Å². The van der Waals surface area contributed by atoms with E-state index in [1.807, 2.05) is 0 Å². The quantitative estimate of drug-likeness (QED) is 0.753. The second-order valence-corrected chi connectivity index (χ2v) is 5.90. The van der Waals surface area contributed by atoms with Crippen molar-refractivity contribution < 1.29 is 5.11 Å². The van der Waals surface area contributed by atoms with Crippen LogP contribution in [0.3, 0.4) is 0 Å². The molecule has 2 rings (SSSR count). The lowest BCUT2D eigenvalue weighted by Gasteiger charge is -2.41. The van der Waals surface area contributed by atoms with Gasteiger partial charge in [-0.25, -0.2) is 0 Å². The smallest absolute Gasteiger partial charge is 0.0602 e. The lowest BCUT2D eigenvalue weighted by molar-refractivity contribution is 0.0460. The first-order chi connectivity index (χ1) is 7.63. The van der Waals surface area contributed by atoms with Gasteiger partial charge < -0.3 is 10.8 Å². The average Bonchev–Trinajstić information content (AvgIpc) is 3.07. The molecular weight excluding hydrogens is 200 g/mol. The van der Waals surface area contributed by atoms with Crippen molar-refractivity contribution in [3.63, 3.8) is 0 Å². The van der Waals surface area contributed by atoms with Gasteiger partial charge in [0.25, 0.3) is 0 Å². The highest BCUT2D eigenvalue weighted by Gasteiger charge is 2.38. The van der Waals surface area contributed by atoms with Gasteiger partial charge in [0.05, 0.1) is 6.61 Å². The van der Waals surface area contributed by atoms with E-state index < -0.39 is 0 Å². The first-order valence-electron chi connectivity index (χ1n) is 6.74. The third-order valence-corrected chi connectivity index (χ3v) is 4.63. The molecule has 0 bridgehead atoms. The van der Waals surface area contributed by atoms with Crippen LogP contribution in [0.2, 0.25) is 0 Å². The second kappa shape index (κ2) is 5.03. The minimum Gasteiger partial charge on any atom is -0.395 e. The molecule has 4 unspecified atom stereocenters. The number of nitrogens with zero attached hydrogens (tertiary/aromatic N) is 1. The van der Waals surface area contributed by atoms with Crippen LogP contribution in [-0.4, -0.2) is 41.8 Å². The number of piperidine rings is 1. The summed E-state index contributed by atoms with van der Waals surface area (Å²) in [5.41, 5.74) is 6.24. The van der Waals surface area contributed by atoms with Gasteiger partial charge in [0.2, 0.25) is 0 Å². The highest BCUT2D eigenvalue weighted by atomic mass is 16.3. The number of aliphatic hydroxyl groups is 1. The largest absolute Gasteiger partial charge is 0.395 e. The molecule has 1 aliphatic carbocycles. The number of hydrogen-bond acceptors (Lipinski definition) is 3. The minimum absolute atomic E-state index is 0.186. The lowest BCUT2D eigenvalue weighted by Crippen LogP contribution is -2.55. The molecule has 16 heavy (non-hydrogen) atoms. The average molecular weight is 226 g/mol. The molecule has 0 aromatic heterocycles. The fourth-order valence-electron chi connectivity index (χ4n) is 2.87. The van der Waals surface area contributed by atoms with Crippen LogP contribution in [0.15, 0.2) is 0 Å². The summed E-state index contributed by atoms with van der Waals surface area (Å²) in [6.07, 6.45) is 3.77. The summed E-state index contributed by atoms with van der Waals surface area (Å²) in [6.45, 7) is 7.08. The van der Waals surface area contributed by atoms with Gasteiger partial charge in [0.1, 0.15) is 0 Å². The molecule has 1 saturated carbocycles. The van der Waals surface area contributed by atoms with Crippen molar-refractivity contribution in [1.82, 2.24) is 4.90 Å². The number of hydrogen-bond donors (Lipinski definition) is 2. The summed E-state index contributed by atoms with van der Waals surface area (Å²) < 4.78 is 0. The normalized spacial score (nSPS) is 36.0. The fraction of sp³-hybridized carbons (Fsp3) is 1.00. The zero-order valence-electron chi connectivity index (χ0n) is 10.6. The first kappa shape index (κ1) is 12.3. The van der Waals surface area contributed by atoms with Crippen molar-refractivity contribution in [3.05, 3.63) is 0 Å². The summed E-state index contributed by atoms with van der Waals surface area (Å²) >= 11 is 0. The summed E-state index contributed by atoms with van der Waals surface area (Å²) in [4.78, 5) is 2.42. The molecule has 0 spiro atoms. The van der Waals surface area contributed by atoms with Crippen molar-refractivity contribution in [2.45, 2.75) is 45.2 Å². The van der Waals surface area contributed by atoms with Crippen molar-refractivity contribution in [3.8, 4) is 0 Å². The molecule has 94 valence electrons. The van der Waals surface area contributed by atoms with Gasteiger partial charge in [0, 0.05) is 18.6 Å². The highest BCUT2D eigenvalue weighted by molar-refractivity contribution is 4.94. The molecule has 1 heterocycles. The standard InChI is InChI=1S/C13H26N2O/c1-9-5-6-15(7-10(9)2)12(8-16)13(14)11-3-4-11/h9-13,16H,3-8,14H2,1-2H3. The van der Waals surface area contributed by atoms with Gasteiger partial charge in [-0.15, -0.1) is 0 Å². The Labute approximate surface area is 99.0 Å². The Morgan fingerprint density at radius 2 is 1.94 bits per heavy atom. The molecule has 0 aromatic rings. The Balaban J connectivity index is 1.93. The van der Waals surface area contributed by atoms with Crippen molar-refractivity contribution in [2.75, 3.05) is 19.7 Å². The third kappa shape index (κ3) is 2.58. The Bertz CT molecular complexity index is 230. The highest BCUT2D eigenvalue weighted by Crippen LogP contribution is 2.35. The van der Waals surface area contributed by atoms with Gasteiger partial charge in [0.15, 0.2) is 0 Å². The van der Waals surface area contributed by atoms with Crippen LogP contribution in [0.1, 0.15) is 33.1 Å². The van der Waals surface area contributed by atoms with Crippen LogP contribution in [0.4, 0.5) is 0 Å². The zero-order valence-corrected chi connectivity index (χ0v) is 10.6. The molecule has 3 heteroatoms. The second-order valence-electron chi connectivity index (χ2n) is 5.90. The van der Waals surface area contributed by atoms with Crippen LogP contribution in [0.25, 0.3) is 0 Å². The minimum atomic E-state index is 0.186. The lowest BCUT2D eigenvalue weighted by atomic mass is 9.87. The molecule has 2 fully saturated rings. The van der Waals surface area contributed by atoms with Crippen molar-refractivity contribution in [2.24, 2.45) is 23.5 Å². The van der Waals surface area contributed by atoms with E-state index in [1.165, 1.54) is 19.3 Å². The summed E-state index contributed by atoms with van der Waals surface area (Å²) in [7, 11) is 0. The number of rotatable bonds is 4. The monoisotopic (exact) mass is 226 g/mol. The van der Waals surface area contributed by atoms with Crippen LogP contribution in [0.5, 0.6) is 0 Å². The molecule has 0 amide bonds. The predicted molar refractivity (Wildman–Crippen MR) is 66.1 cm³/mol. The van der Waals surface area contributed by atoms with Gasteiger partial charge in [-0.05, 0) is 43.6 Å². The SMILES string of the molecule is CC1CCN(C(CO)C(N)C2CC2)CC1C. The number of likely N-dealkylation sites (tertiary alicyclic amines) is 1. The van der Waals surface area contributed by atoms with E-state index in [1.54, 1.807) is 0 Å². The van der Waals surface area contributed by atoms with E-state index in [0.717, 1.165) is 24.9 Å². The van der Waals surface area contributed by atoms with Gasteiger partial charge in [-0.2, -0.15) is 0 Å². The van der Waals surface area contributed by atoms with E-state index in [9.17, 15) is 5.11 Å². The first-order valence-corrected chi connectivity index (χ1v) is 6.74. The maximum absolute atomic E-state index is 9.56. The van der Waals surface area contributed by atoms with Gasteiger partial charge in [-0.3, -0.25) is 4.90 Å². The summed E-state index contributed by atoms with van der Waals surface area (Å²) in [6, 6.07) is 0.382. The van der Waals surface area contributed by atoms with Crippen LogP contribution < -0.4 is 5.73 Å². The molecule has 1 aliphatic heterocycles. The van der Waals surface area contributed by atoms with Crippen molar-refractivity contribution >= 4 is 0 Å². The fourth-order valence-corrected chi connectivity index (χ4v) is 2.87. The number of aliphatic hydroxyl groups excluding tert-OH is 1. The van der Waals surface area contributed by atoms with Crippen molar-refractivity contribution in [1.29, 1.82) is 0 Å². The molecule has 3 N–H and O–H groups in total. The molecule has 4 atom stereocenters. The number of nitrogens with two attached hydrogens (primary N) is 1. The molecule has 0 aromatic carbocycles. The van der Waals surface area contributed by atoms with E-state index >= 15 is 0 Å². The molecule has 2 aliphatic rings. The van der Waals surface area contributed by atoms with E-state index in [2.05, 4.69) is 18.7 Å². The third-order valence-electron chi connectivity index (χ3n) is 4.63. The Kier molecular flexibility index (Phi) is 3.88. The zero-order chi connectivity index (χ0) is 11.7. The van der Waals surface area contributed by atoms with Gasteiger partial charge in [-0.1, -0.05) is 13.8 Å². The molecule has 1 saturated heterocycles.